The number of nitriles is 1. The zero-order chi connectivity index (χ0) is 23.4. The van der Waals surface area contributed by atoms with Crippen LogP contribution in [0.5, 0.6) is 0 Å². The number of carbonyl (C=O) groups excluding carboxylic acids is 4. The first kappa shape index (κ1) is 21.4. The number of hydrogen-bond acceptors (Lipinski definition) is 5. The van der Waals surface area contributed by atoms with Crippen LogP contribution >= 0.6 is 0 Å². The van der Waals surface area contributed by atoms with E-state index in [1.165, 1.54) is 32.3 Å². The van der Waals surface area contributed by atoms with Crippen molar-refractivity contribution in [1.29, 1.82) is 5.26 Å². The Morgan fingerprint density at radius 3 is 2.39 bits per heavy atom. The maximum absolute atomic E-state index is 13.0. The highest BCUT2D eigenvalue weighted by atomic mass is 16.2. The summed E-state index contributed by atoms with van der Waals surface area (Å²) in [6, 6.07) is 7.11. The first-order chi connectivity index (χ1) is 15.7. The lowest BCUT2D eigenvalue weighted by molar-refractivity contribution is -0.134. The summed E-state index contributed by atoms with van der Waals surface area (Å²) in [5.74, 6) is 0.608. The molecule has 4 bridgehead atoms. The van der Waals surface area contributed by atoms with Gasteiger partial charge < -0.3 is 10.6 Å². The van der Waals surface area contributed by atoms with Gasteiger partial charge in [-0.25, -0.2) is 9.59 Å². The molecule has 5 fully saturated rings. The number of hydrogen-bond donors (Lipinski definition) is 3. The molecule has 9 nitrogen and oxygen atoms in total. The molecular weight excluding hydrogens is 422 g/mol. The molecule has 0 spiro atoms. The summed E-state index contributed by atoms with van der Waals surface area (Å²) in [4.78, 5) is 51.5. The van der Waals surface area contributed by atoms with E-state index >= 15 is 0 Å². The highest BCUT2D eigenvalue weighted by molar-refractivity contribution is 6.10. The fourth-order valence-corrected chi connectivity index (χ4v) is 6.78. The number of nitrogens with zero attached hydrogens (tertiary/aromatic N) is 2. The van der Waals surface area contributed by atoms with Gasteiger partial charge in [-0.15, -0.1) is 0 Å². The maximum Gasteiger partial charge on any atom is 0.325 e. The highest BCUT2D eigenvalue weighted by Crippen LogP contribution is 2.55. The van der Waals surface area contributed by atoms with Crippen molar-refractivity contribution in [3.05, 3.63) is 35.4 Å². The molecule has 5 aliphatic rings. The van der Waals surface area contributed by atoms with E-state index in [1.807, 2.05) is 6.07 Å². The molecule has 1 atom stereocenters. The van der Waals surface area contributed by atoms with Crippen LogP contribution in [0, 0.1) is 29.1 Å². The zero-order valence-electron chi connectivity index (χ0n) is 18.5. The monoisotopic (exact) mass is 449 g/mol. The highest BCUT2D eigenvalue weighted by Gasteiger charge is 2.52. The Morgan fingerprint density at radius 2 is 1.79 bits per heavy atom. The summed E-state index contributed by atoms with van der Waals surface area (Å²) in [6.07, 6.45) is 6.58. The van der Waals surface area contributed by atoms with Gasteiger partial charge in [-0.2, -0.15) is 5.26 Å². The van der Waals surface area contributed by atoms with Gasteiger partial charge >= 0.3 is 12.1 Å². The second kappa shape index (κ2) is 7.58. The maximum atomic E-state index is 13.0. The number of rotatable bonds is 4. The predicted octanol–water partition coefficient (Wildman–Crippen LogP) is 2.12. The number of imide groups is 2. The molecule has 1 aromatic carbocycles. The Bertz CT molecular complexity index is 1060. The fraction of sp³-hybridized carbons (Fsp3) is 0.542. The standard InChI is InChI=1S/C24H27N5O4/c1-23(18-4-2-3-14(8-18)12-25)20(31)29(22(33)28-23)13-19(30)26-21(32)27-24-9-15-5-16(10-24)7-17(6-15)11-24/h2-4,8,15-17H,5-7,9-11,13H2,1H3,(H,28,33)(H2,26,27,30,32). The van der Waals surface area contributed by atoms with Crippen molar-refractivity contribution in [2.45, 2.75) is 56.5 Å². The number of urea groups is 2. The Morgan fingerprint density at radius 1 is 1.15 bits per heavy atom. The van der Waals surface area contributed by atoms with E-state index in [0.717, 1.165) is 24.2 Å². The van der Waals surface area contributed by atoms with Crippen molar-refractivity contribution >= 4 is 23.9 Å². The van der Waals surface area contributed by atoms with Crippen molar-refractivity contribution in [3.63, 3.8) is 0 Å². The summed E-state index contributed by atoms with van der Waals surface area (Å²) in [5.41, 5.74) is -0.841. The van der Waals surface area contributed by atoms with E-state index in [2.05, 4.69) is 16.0 Å². The summed E-state index contributed by atoms with van der Waals surface area (Å²) in [7, 11) is 0. The molecule has 1 aromatic rings. The lowest BCUT2D eigenvalue weighted by Crippen LogP contribution is -2.62. The van der Waals surface area contributed by atoms with Crippen molar-refractivity contribution in [1.82, 2.24) is 20.9 Å². The van der Waals surface area contributed by atoms with Crippen LogP contribution in [0.3, 0.4) is 0 Å². The first-order valence-electron chi connectivity index (χ1n) is 11.5. The molecule has 4 saturated carbocycles. The topological polar surface area (TPSA) is 131 Å². The van der Waals surface area contributed by atoms with Crippen LogP contribution in [-0.4, -0.2) is 40.9 Å². The van der Waals surface area contributed by atoms with E-state index in [1.54, 1.807) is 18.2 Å². The van der Waals surface area contributed by atoms with Gasteiger partial charge in [-0.1, -0.05) is 12.1 Å². The van der Waals surface area contributed by atoms with Crippen LogP contribution in [0.1, 0.15) is 56.6 Å². The second-order valence-corrected chi connectivity index (χ2v) is 10.3. The quantitative estimate of drug-likeness (QED) is 0.606. The van der Waals surface area contributed by atoms with E-state index in [0.29, 0.717) is 28.9 Å². The average Bonchev–Trinajstić information content (AvgIpc) is 2.96. The van der Waals surface area contributed by atoms with Crippen LogP contribution in [0.15, 0.2) is 24.3 Å². The minimum atomic E-state index is -1.40. The second-order valence-electron chi connectivity index (χ2n) is 10.3. The zero-order valence-corrected chi connectivity index (χ0v) is 18.5. The Labute approximate surface area is 191 Å². The molecule has 6 amide bonds. The summed E-state index contributed by atoms with van der Waals surface area (Å²) in [6.45, 7) is 0.966. The van der Waals surface area contributed by atoms with Crippen molar-refractivity contribution in [2.24, 2.45) is 17.8 Å². The van der Waals surface area contributed by atoms with Gasteiger partial charge in [0, 0.05) is 5.54 Å². The third-order valence-corrected chi connectivity index (χ3v) is 7.82. The van der Waals surface area contributed by atoms with Gasteiger partial charge in [-0.3, -0.25) is 19.8 Å². The molecule has 9 heteroatoms. The molecule has 1 unspecified atom stereocenters. The molecule has 1 heterocycles. The fourth-order valence-electron chi connectivity index (χ4n) is 6.78. The molecule has 33 heavy (non-hydrogen) atoms. The summed E-state index contributed by atoms with van der Waals surface area (Å²) < 4.78 is 0. The molecule has 1 saturated heterocycles. The smallest absolute Gasteiger partial charge is 0.325 e. The Kier molecular flexibility index (Phi) is 4.92. The van der Waals surface area contributed by atoms with Crippen LogP contribution < -0.4 is 16.0 Å². The molecule has 172 valence electrons. The number of nitrogens with one attached hydrogen (secondary N) is 3. The SMILES string of the molecule is CC1(c2cccc(C#N)c2)NC(=O)N(CC(=O)NC(=O)NC23CC4CC(CC(C4)C2)C3)C1=O. The lowest BCUT2D eigenvalue weighted by Gasteiger charge is -2.56. The van der Waals surface area contributed by atoms with Gasteiger partial charge in [0.25, 0.3) is 5.91 Å². The van der Waals surface area contributed by atoms with Gasteiger partial charge in [0.1, 0.15) is 12.1 Å². The number of carbonyl (C=O) groups is 4. The summed E-state index contributed by atoms with van der Waals surface area (Å²) in [5, 5.41) is 17.1. The van der Waals surface area contributed by atoms with Crippen LogP contribution in [0.4, 0.5) is 9.59 Å². The Hall–Kier alpha value is -3.41. The first-order valence-corrected chi connectivity index (χ1v) is 11.5. The number of benzene rings is 1. The molecule has 0 radical (unpaired) electrons. The normalized spacial score (nSPS) is 34.1. The van der Waals surface area contributed by atoms with Gasteiger partial charge in [0.2, 0.25) is 5.91 Å². The Balaban J connectivity index is 1.22. The van der Waals surface area contributed by atoms with Crippen molar-refractivity contribution < 1.29 is 19.2 Å². The molecule has 0 aromatic heterocycles. The van der Waals surface area contributed by atoms with E-state index in [4.69, 9.17) is 5.26 Å². The predicted molar refractivity (Wildman–Crippen MR) is 116 cm³/mol. The molecular formula is C24H27N5O4. The van der Waals surface area contributed by atoms with Crippen LogP contribution in [-0.2, 0) is 15.1 Å². The molecule has 3 N–H and O–H groups in total. The van der Waals surface area contributed by atoms with Gasteiger partial charge in [0.15, 0.2) is 0 Å². The molecule has 4 aliphatic carbocycles. The minimum absolute atomic E-state index is 0.246. The lowest BCUT2D eigenvalue weighted by atomic mass is 9.53. The molecule has 1 aliphatic heterocycles. The largest absolute Gasteiger partial charge is 0.332 e. The average molecular weight is 450 g/mol. The van der Waals surface area contributed by atoms with E-state index < -0.39 is 36.0 Å². The van der Waals surface area contributed by atoms with Crippen LogP contribution in [0.2, 0.25) is 0 Å². The van der Waals surface area contributed by atoms with Crippen LogP contribution in [0.25, 0.3) is 0 Å². The third kappa shape index (κ3) is 3.73. The minimum Gasteiger partial charge on any atom is -0.332 e. The van der Waals surface area contributed by atoms with Gasteiger partial charge in [-0.05, 0) is 80.9 Å². The van der Waals surface area contributed by atoms with Crippen molar-refractivity contribution in [3.8, 4) is 6.07 Å². The third-order valence-electron chi connectivity index (χ3n) is 7.82. The van der Waals surface area contributed by atoms with Crippen molar-refractivity contribution in [2.75, 3.05) is 6.54 Å². The number of amides is 6. The molecule has 6 rings (SSSR count). The van der Waals surface area contributed by atoms with E-state index in [-0.39, 0.29) is 5.54 Å². The van der Waals surface area contributed by atoms with E-state index in [9.17, 15) is 19.2 Å². The van der Waals surface area contributed by atoms with Gasteiger partial charge in [0.05, 0.1) is 11.6 Å². The summed E-state index contributed by atoms with van der Waals surface area (Å²) >= 11 is 0.